The molecule has 2 rings (SSSR count). The third kappa shape index (κ3) is 3.60. The maximum atomic E-state index is 12.3. The highest BCUT2D eigenvalue weighted by Crippen LogP contribution is 2.17. The smallest absolute Gasteiger partial charge is 0.410 e. The maximum absolute atomic E-state index is 12.3. The van der Waals surface area contributed by atoms with Gasteiger partial charge in [0.2, 0.25) is 0 Å². The molecule has 1 saturated heterocycles. The predicted octanol–water partition coefficient (Wildman–Crippen LogP) is 1.84. The van der Waals surface area contributed by atoms with Gasteiger partial charge in [0.1, 0.15) is 11.3 Å². The van der Waals surface area contributed by atoms with E-state index in [2.05, 4.69) is 26.2 Å². The van der Waals surface area contributed by atoms with Crippen molar-refractivity contribution in [1.82, 2.24) is 19.8 Å². The van der Waals surface area contributed by atoms with Crippen LogP contribution in [0.25, 0.3) is 0 Å². The highest BCUT2D eigenvalue weighted by Gasteiger charge is 2.35. The molecule has 1 aliphatic rings. The lowest BCUT2D eigenvalue weighted by molar-refractivity contribution is 0.00528. The number of ether oxygens (including phenoxy) is 1. The van der Waals surface area contributed by atoms with Crippen LogP contribution in [0, 0.1) is 6.92 Å². The van der Waals surface area contributed by atoms with Crippen LogP contribution in [0.2, 0.25) is 0 Å². The third-order valence-corrected chi connectivity index (χ3v) is 4.01. The van der Waals surface area contributed by atoms with Crippen molar-refractivity contribution in [2.24, 2.45) is 7.05 Å². The zero-order valence-corrected chi connectivity index (χ0v) is 15.0. The van der Waals surface area contributed by atoms with Gasteiger partial charge in [0.05, 0.1) is 11.7 Å². The van der Waals surface area contributed by atoms with Crippen LogP contribution in [-0.2, 0) is 11.8 Å². The molecular weight excluding hydrogens is 352 g/mol. The Labute approximate surface area is 138 Å². The summed E-state index contributed by atoms with van der Waals surface area (Å²) >= 11 is 3.29. The SMILES string of the molecule is Cc1nc(Br)n(C)c1C(=O)NC1CN(C(=O)OC(C)(C)C)C1. The Kier molecular flexibility index (Phi) is 4.51. The second-order valence-electron chi connectivity index (χ2n) is 6.43. The Hall–Kier alpha value is -1.57. The second-order valence-corrected chi connectivity index (χ2v) is 7.14. The molecule has 2 amide bonds. The van der Waals surface area contributed by atoms with E-state index in [4.69, 9.17) is 4.74 Å². The molecule has 1 aliphatic heterocycles. The Morgan fingerprint density at radius 3 is 2.41 bits per heavy atom. The second kappa shape index (κ2) is 5.91. The number of carbonyl (C=O) groups excluding carboxylic acids is 2. The number of hydrogen-bond acceptors (Lipinski definition) is 4. The van der Waals surface area contributed by atoms with Gasteiger partial charge in [0.25, 0.3) is 5.91 Å². The molecule has 0 saturated carbocycles. The van der Waals surface area contributed by atoms with Gasteiger partial charge in [0, 0.05) is 20.1 Å². The third-order valence-electron chi connectivity index (χ3n) is 3.30. The van der Waals surface area contributed by atoms with Gasteiger partial charge in [-0.25, -0.2) is 9.78 Å². The van der Waals surface area contributed by atoms with Crippen LogP contribution in [-0.4, -0.2) is 51.2 Å². The first kappa shape index (κ1) is 16.8. The van der Waals surface area contributed by atoms with E-state index in [1.807, 2.05) is 20.8 Å². The monoisotopic (exact) mass is 372 g/mol. The maximum Gasteiger partial charge on any atom is 0.410 e. The summed E-state index contributed by atoms with van der Waals surface area (Å²) in [7, 11) is 1.77. The molecule has 0 bridgehead atoms. The van der Waals surface area contributed by atoms with Gasteiger partial charge >= 0.3 is 6.09 Å². The Balaban J connectivity index is 1.88. The number of halogens is 1. The first-order chi connectivity index (χ1) is 10.1. The number of aromatic nitrogens is 2. The highest BCUT2D eigenvalue weighted by molar-refractivity contribution is 9.10. The van der Waals surface area contributed by atoms with Crippen molar-refractivity contribution in [2.75, 3.05) is 13.1 Å². The average molecular weight is 373 g/mol. The minimum absolute atomic E-state index is 0.0620. The quantitative estimate of drug-likeness (QED) is 0.858. The Morgan fingerprint density at radius 1 is 1.36 bits per heavy atom. The molecule has 8 heteroatoms. The van der Waals surface area contributed by atoms with Crippen LogP contribution in [0.1, 0.15) is 37.0 Å². The Bertz CT molecular complexity index is 600. The molecule has 0 spiro atoms. The molecule has 0 radical (unpaired) electrons. The number of rotatable bonds is 2. The van der Waals surface area contributed by atoms with Crippen LogP contribution in [0.15, 0.2) is 4.73 Å². The molecule has 22 heavy (non-hydrogen) atoms. The van der Waals surface area contributed by atoms with E-state index < -0.39 is 5.60 Å². The van der Waals surface area contributed by atoms with Gasteiger partial charge in [-0.3, -0.25) is 4.79 Å². The fourth-order valence-electron chi connectivity index (χ4n) is 2.22. The van der Waals surface area contributed by atoms with Gasteiger partial charge in [-0.1, -0.05) is 0 Å². The fraction of sp³-hybridized carbons (Fsp3) is 0.643. The molecule has 0 unspecified atom stereocenters. The van der Waals surface area contributed by atoms with Crippen LogP contribution in [0.3, 0.4) is 0 Å². The summed E-state index contributed by atoms with van der Waals surface area (Å²) in [5.41, 5.74) is 0.668. The van der Waals surface area contributed by atoms with Crippen LogP contribution >= 0.6 is 15.9 Å². The first-order valence-corrected chi connectivity index (χ1v) is 7.85. The lowest BCUT2D eigenvalue weighted by Crippen LogP contribution is -2.61. The number of imidazole rings is 1. The minimum Gasteiger partial charge on any atom is -0.444 e. The summed E-state index contributed by atoms with van der Waals surface area (Å²) in [4.78, 5) is 29.9. The summed E-state index contributed by atoms with van der Waals surface area (Å²) < 4.78 is 7.57. The molecule has 1 aromatic rings. The average Bonchev–Trinajstić information content (AvgIpc) is 2.54. The van der Waals surface area contributed by atoms with Crippen molar-refractivity contribution in [3.63, 3.8) is 0 Å². The van der Waals surface area contributed by atoms with Gasteiger partial charge in [-0.15, -0.1) is 0 Å². The Morgan fingerprint density at radius 2 is 1.95 bits per heavy atom. The summed E-state index contributed by atoms with van der Waals surface area (Å²) in [5.74, 6) is -0.188. The molecule has 122 valence electrons. The van der Waals surface area contributed by atoms with Crippen molar-refractivity contribution in [2.45, 2.75) is 39.3 Å². The van der Waals surface area contributed by atoms with Crippen molar-refractivity contribution in [3.05, 3.63) is 16.1 Å². The number of amides is 2. The van der Waals surface area contributed by atoms with Crippen LogP contribution in [0.4, 0.5) is 4.79 Å². The largest absolute Gasteiger partial charge is 0.444 e. The molecule has 0 aromatic carbocycles. The summed E-state index contributed by atoms with van der Waals surface area (Å²) in [6.07, 6.45) is -0.350. The van der Waals surface area contributed by atoms with Crippen molar-refractivity contribution in [1.29, 1.82) is 0 Å². The van der Waals surface area contributed by atoms with Crippen molar-refractivity contribution >= 4 is 27.9 Å². The molecular formula is C14H21BrN4O3. The molecule has 7 nitrogen and oxygen atoms in total. The number of nitrogens with one attached hydrogen (secondary N) is 1. The van der Waals surface area contributed by atoms with Gasteiger partial charge in [-0.2, -0.15) is 0 Å². The zero-order chi connectivity index (χ0) is 16.7. The van der Waals surface area contributed by atoms with Gasteiger partial charge in [-0.05, 0) is 43.6 Å². The highest BCUT2D eigenvalue weighted by atomic mass is 79.9. The normalized spacial score (nSPS) is 15.5. The minimum atomic E-state index is -0.510. The molecule has 1 fully saturated rings. The van der Waals surface area contributed by atoms with Crippen molar-refractivity contribution in [3.8, 4) is 0 Å². The van der Waals surface area contributed by atoms with Crippen molar-refractivity contribution < 1.29 is 14.3 Å². The topological polar surface area (TPSA) is 76.5 Å². The van der Waals surface area contributed by atoms with E-state index in [0.29, 0.717) is 29.2 Å². The molecule has 0 atom stereocenters. The number of aryl methyl sites for hydroxylation is 1. The van der Waals surface area contributed by atoms with E-state index in [1.54, 1.807) is 23.4 Å². The number of carbonyl (C=O) groups is 2. The number of hydrogen-bond donors (Lipinski definition) is 1. The van der Waals surface area contributed by atoms with Crippen LogP contribution in [0.5, 0.6) is 0 Å². The molecule has 1 N–H and O–H groups in total. The molecule has 1 aromatic heterocycles. The first-order valence-electron chi connectivity index (χ1n) is 7.06. The van der Waals surface area contributed by atoms with E-state index >= 15 is 0 Å². The lowest BCUT2D eigenvalue weighted by Gasteiger charge is -2.39. The molecule has 2 heterocycles. The fourth-order valence-corrected chi connectivity index (χ4v) is 2.66. The van der Waals surface area contributed by atoms with Gasteiger partial charge in [0.15, 0.2) is 4.73 Å². The summed E-state index contributed by atoms with van der Waals surface area (Å²) in [5, 5.41) is 2.91. The zero-order valence-electron chi connectivity index (χ0n) is 13.4. The van der Waals surface area contributed by atoms with E-state index in [0.717, 1.165) is 0 Å². The standard InChI is InChI=1S/C14H21BrN4O3/c1-8-10(18(5)12(15)16-8)11(20)17-9-6-19(7-9)13(21)22-14(2,3)4/h9H,6-7H2,1-5H3,(H,17,20). The predicted molar refractivity (Wildman–Crippen MR) is 84.7 cm³/mol. The lowest BCUT2D eigenvalue weighted by atomic mass is 10.1. The van der Waals surface area contributed by atoms with Crippen LogP contribution < -0.4 is 5.32 Å². The van der Waals surface area contributed by atoms with E-state index in [-0.39, 0.29) is 18.0 Å². The molecule has 0 aliphatic carbocycles. The number of nitrogens with zero attached hydrogens (tertiary/aromatic N) is 3. The summed E-state index contributed by atoms with van der Waals surface area (Å²) in [6, 6.07) is -0.0620. The van der Waals surface area contributed by atoms with E-state index in [1.165, 1.54) is 0 Å². The van der Waals surface area contributed by atoms with Gasteiger partial charge < -0.3 is 19.5 Å². The summed E-state index contributed by atoms with van der Waals surface area (Å²) in [6.45, 7) is 8.18. The van der Waals surface area contributed by atoms with E-state index in [9.17, 15) is 9.59 Å². The number of likely N-dealkylation sites (tertiary alicyclic amines) is 1.